The Labute approximate surface area is 103 Å². The van der Waals surface area contributed by atoms with E-state index in [1.54, 1.807) is 0 Å². The van der Waals surface area contributed by atoms with Crippen LogP contribution in [0, 0.1) is 5.92 Å². The van der Waals surface area contributed by atoms with Crippen LogP contribution in [0.5, 0.6) is 5.88 Å². The minimum atomic E-state index is -4.42. The smallest absolute Gasteiger partial charge is 0.421 e. The van der Waals surface area contributed by atoms with Crippen LogP contribution in [-0.2, 0) is 6.18 Å². The fraction of sp³-hybridized carbons (Fsp3) is 0.583. The van der Waals surface area contributed by atoms with Crippen LogP contribution >= 0.6 is 0 Å². The highest BCUT2D eigenvalue weighted by Crippen LogP contribution is 2.34. The molecule has 1 N–H and O–H groups in total. The second kappa shape index (κ2) is 5.56. The van der Waals surface area contributed by atoms with Gasteiger partial charge < -0.3 is 10.1 Å². The zero-order valence-electron chi connectivity index (χ0n) is 9.83. The summed E-state index contributed by atoms with van der Waals surface area (Å²) in [5.74, 6) is -0.0718. The number of hydrogen-bond donors (Lipinski definition) is 1. The van der Waals surface area contributed by atoms with Gasteiger partial charge in [-0.3, -0.25) is 0 Å². The van der Waals surface area contributed by atoms with Crippen molar-refractivity contribution in [1.82, 2.24) is 10.3 Å². The first-order chi connectivity index (χ1) is 8.57. The Morgan fingerprint density at radius 2 is 2.28 bits per heavy atom. The number of aromatic nitrogens is 1. The van der Waals surface area contributed by atoms with Crippen LogP contribution in [0.25, 0.3) is 0 Å². The number of alkyl halides is 3. The monoisotopic (exact) mass is 260 g/mol. The van der Waals surface area contributed by atoms with Gasteiger partial charge in [0.25, 0.3) is 0 Å². The molecule has 2 heterocycles. The predicted octanol–water partition coefficient (Wildman–Crippen LogP) is 2.48. The molecule has 0 aliphatic carbocycles. The Bertz CT molecular complexity index is 389. The summed E-state index contributed by atoms with van der Waals surface area (Å²) in [5.41, 5.74) is -0.811. The number of halogens is 3. The van der Waals surface area contributed by atoms with Crippen LogP contribution in [0.4, 0.5) is 13.2 Å². The van der Waals surface area contributed by atoms with Crippen molar-refractivity contribution in [2.24, 2.45) is 5.92 Å². The van der Waals surface area contributed by atoms with E-state index >= 15 is 0 Å². The van der Waals surface area contributed by atoms with Gasteiger partial charge in [0.15, 0.2) is 0 Å². The minimum Gasteiger partial charge on any atom is -0.477 e. The molecule has 0 spiro atoms. The SMILES string of the molecule is FC(F)(F)c1cccnc1OC[C@H]1CCCNC1. The standard InChI is InChI=1S/C12H15F3N2O/c13-12(14,15)10-4-2-6-17-11(10)18-8-9-3-1-5-16-7-9/h2,4,6,9,16H,1,3,5,7-8H2/t9-/m0/s1. The normalized spacial score (nSPS) is 20.7. The van der Waals surface area contributed by atoms with Gasteiger partial charge in [-0.2, -0.15) is 13.2 Å². The molecule has 18 heavy (non-hydrogen) atoms. The highest BCUT2D eigenvalue weighted by atomic mass is 19.4. The maximum atomic E-state index is 12.7. The summed E-state index contributed by atoms with van der Waals surface area (Å²) in [7, 11) is 0. The van der Waals surface area contributed by atoms with E-state index in [0.717, 1.165) is 32.0 Å². The molecule has 1 aliphatic heterocycles. The maximum absolute atomic E-state index is 12.7. The van der Waals surface area contributed by atoms with Crippen molar-refractivity contribution in [2.75, 3.05) is 19.7 Å². The molecule has 100 valence electrons. The zero-order valence-corrected chi connectivity index (χ0v) is 9.83. The summed E-state index contributed by atoms with van der Waals surface area (Å²) >= 11 is 0. The third-order valence-electron chi connectivity index (χ3n) is 2.93. The fourth-order valence-corrected chi connectivity index (χ4v) is 1.98. The van der Waals surface area contributed by atoms with Crippen LogP contribution in [0.2, 0.25) is 0 Å². The lowest BCUT2D eigenvalue weighted by Gasteiger charge is -2.23. The van der Waals surface area contributed by atoms with Crippen molar-refractivity contribution in [3.8, 4) is 5.88 Å². The number of rotatable bonds is 3. The van der Waals surface area contributed by atoms with E-state index in [2.05, 4.69) is 10.3 Å². The van der Waals surface area contributed by atoms with Crippen LogP contribution in [0.15, 0.2) is 18.3 Å². The average molecular weight is 260 g/mol. The second-order valence-corrected chi connectivity index (χ2v) is 4.38. The molecule has 1 saturated heterocycles. The molecule has 0 saturated carbocycles. The van der Waals surface area contributed by atoms with Gasteiger partial charge in [-0.15, -0.1) is 0 Å². The number of ether oxygens (including phenoxy) is 1. The van der Waals surface area contributed by atoms with Crippen molar-refractivity contribution in [1.29, 1.82) is 0 Å². The molecule has 1 aromatic rings. The van der Waals surface area contributed by atoms with E-state index in [4.69, 9.17) is 4.74 Å². The number of nitrogens with zero attached hydrogens (tertiary/aromatic N) is 1. The largest absolute Gasteiger partial charge is 0.477 e. The molecule has 2 rings (SSSR count). The van der Waals surface area contributed by atoms with E-state index in [-0.39, 0.29) is 18.4 Å². The molecule has 0 radical (unpaired) electrons. The van der Waals surface area contributed by atoms with Crippen LogP contribution in [0.3, 0.4) is 0 Å². The quantitative estimate of drug-likeness (QED) is 0.906. The Balaban J connectivity index is 2.00. The molecule has 1 atom stereocenters. The molecule has 0 unspecified atom stereocenters. The van der Waals surface area contributed by atoms with Gasteiger partial charge in [0, 0.05) is 18.7 Å². The Hall–Kier alpha value is -1.30. The molecule has 3 nitrogen and oxygen atoms in total. The maximum Gasteiger partial charge on any atom is 0.421 e. The third kappa shape index (κ3) is 3.35. The van der Waals surface area contributed by atoms with Crippen molar-refractivity contribution in [2.45, 2.75) is 19.0 Å². The lowest BCUT2D eigenvalue weighted by Crippen LogP contribution is -2.33. The average Bonchev–Trinajstić information content (AvgIpc) is 2.37. The van der Waals surface area contributed by atoms with Gasteiger partial charge in [-0.25, -0.2) is 4.98 Å². The highest BCUT2D eigenvalue weighted by molar-refractivity contribution is 5.28. The van der Waals surface area contributed by atoms with Gasteiger partial charge in [-0.1, -0.05) is 0 Å². The summed E-state index contributed by atoms with van der Waals surface area (Å²) in [6, 6.07) is 2.25. The van der Waals surface area contributed by atoms with E-state index < -0.39 is 11.7 Å². The Morgan fingerprint density at radius 3 is 2.94 bits per heavy atom. The second-order valence-electron chi connectivity index (χ2n) is 4.38. The number of hydrogen-bond acceptors (Lipinski definition) is 3. The molecule has 0 aromatic carbocycles. The predicted molar refractivity (Wildman–Crippen MR) is 60.3 cm³/mol. The van der Waals surface area contributed by atoms with Gasteiger partial charge in [0.2, 0.25) is 5.88 Å². The van der Waals surface area contributed by atoms with Crippen molar-refractivity contribution in [3.63, 3.8) is 0 Å². The molecule has 0 amide bonds. The molecule has 1 fully saturated rings. The van der Waals surface area contributed by atoms with Gasteiger partial charge in [0.1, 0.15) is 5.56 Å². The summed E-state index contributed by atoms with van der Waals surface area (Å²) < 4.78 is 43.3. The molecule has 6 heteroatoms. The van der Waals surface area contributed by atoms with Gasteiger partial charge >= 0.3 is 6.18 Å². The molecular weight excluding hydrogens is 245 g/mol. The summed E-state index contributed by atoms with van der Waals surface area (Å²) in [6.07, 6.45) is -1.11. The first-order valence-electron chi connectivity index (χ1n) is 5.93. The van der Waals surface area contributed by atoms with Crippen LogP contribution in [-0.4, -0.2) is 24.7 Å². The Morgan fingerprint density at radius 1 is 1.44 bits per heavy atom. The number of nitrogens with one attached hydrogen (secondary N) is 1. The first kappa shape index (κ1) is 13.1. The van der Waals surface area contributed by atoms with E-state index in [0.29, 0.717) is 0 Å². The summed E-state index contributed by atoms with van der Waals surface area (Å²) in [5, 5.41) is 3.19. The first-order valence-corrected chi connectivity index (χ1v) is 5.93. The van der Waals surface area contributed by atoms with Crippen LogP contribution in [0.1, 0.15) is 18.4 Å². The van der Waals surface area contributed by atoms with Crippen LogP contribution < -0.4 is 10.1 Å². The lowest BCUT2D eigenvalue weighted by atomic mass is 10.0. The van der Waals surface area contributed by atoms with E-state index in [9.17, 15) is 13.2 Å². The fourth-order valence-electron chi connectivity index (χ4n) is 1.98. The van der Waals surface area contributed by atoms with E-state index in [1.165, 1.54) is 12.3 Å². The zero-order chi connectivity index (χ0) is 13.0. The van der Waals surface area contributed by atoms with Gasteiger partial charge in [-0.05, 0) is 31.5 Å². The van der Waals surface area contributed by atoms with E-state index in [1.807, 2.05) is 0 Å². The van der Waals surface area contributed by atoms with Crippen molar-refractivity contribution < 1.29 is 17.9 Å². The summed E-state index contributed by atoms with van der Waals surface area (Å²) in [6.45, 7) is 2.02. The molecule has 0 bridgehead atoms. The lowest BCUT2D eigenvalue weighted by molar-refractivity contribution is -0.139. The number of pyridine rings is 1. The number of piperidine rings is 1. The van der Waals surface area contributed by atoms with Gasteiger partial charge in [0.05, 0.1) is 6.61 Å². The molecule has 1 aliphatic rings. The third-order valence-corrected chi connectivity index (χ3v) is 2.93. The minimum absolute atomic E-state index is 0.252. The highest BCUT2D eigenvalue weighted by Gasteiger charge is 2.35. The van der Waals surface area contributed by atoms with Crippen molar-refractivity contribution >= 4 is 0 Å². The molecule has 1 aromatic heterocycles. The Kier molecular flexibility index (Phi) is 4.06. The molecular formula is C12H15F3N2O. The topological polar surface area (TPSA) is 34.1 Å². The van der Waals surface area contributed by atoms with Crippen molar-refractivity contribution in [3.05, 3.63) is 23.9 Å². The summed E-state index contributed by atoms with van der Waals surface area (Å²) in [4.78, 5) is 3.67.